The zero-order valence-electron chi connectivity index (χ0n) is 12.0. The SMILES string of the molecule is N#Cc1cc(-c2cc3n(n2)CCO[C@]32CCNC2)cnc1N. The highest BCUT2D eigenvalue weighted by Gasteiger charge is 2.42. The first-order valence-electron chi connectivity index (χ1n) is 7.31. The number of fused-ring (bicyclic) bond motifs is 2. The molecule has 2 aliphatic heterocycles. The van der Waals surface area contributed by atoms with E-state index in [0.717, 1.165) is 43.0 Å². The molecule has 1 fully saturated rings. The predicted octanol–water partition coefficient (Wildman–Crippen LogP) is 0.618. The molecule has 2 aliphatic rings. The van der Waals surface area contributed by atoms with Crippen molar-refractivity contribution in [3.63, 3.8) is 0 Å². The maximum absolute atomic E-state index is 9.10. The minimum Gasteiger partial charge on any atom is -0.383 e. The van der Waals surface area contributed by atoms with Crippen LogP contribution in [0.1, 0.15) is 17.7 Å². The van der Waals surface area contributed by atoms with Crippen LogP contribution in [0.15, 0.2) is 18.3 Å². The summed E-state index contributed by atoms with van der Waals surface area (Å²) < 4.78 is 8.06. The van der Waals surface area contributed by atoms with Crippen LogP contribution in [0, 0.1) is 11.3 Å². The fourth-order valence-electron chi connectivity index (χ4n) is 3.21. The highest BCUT2D eigenvalue weighted by Crippen LogP contribution is 2.37. The molecule has 0 aromatic carbocycles. The number of anilines is 1. The van der Waals surface area contributed by atoms with Crippen LogP contribution in [0.3, 0.4) is 0 Å². The van der Waals surface area contributed by atoms with Crippen LogP contribution in [0.5, 0.6) is 0 Å². The molecule has 4 heterocycles. The van der Waals surface area contributed by atoms with E-state index in [1.165, 1.54) is 0 Å². The molecule has 0 radical (unpaired) electrons. The quantitative estimate of drug-likeness (QED) is 0.800. The van der Waals surface area contributed by atoms with Crippen molar-refractivity contribution in [1.82, 2.24) is 20.1 Å². The average molecular weight is 296 g/mol. The van der Waals surface area contributed by atoms with E-state index in [1.807, 2.05) is 10.7 Å². The molecule has 1 atom stereocenters. The second-order valence-corrected chi connectivity index (χ2v) is 5.68. The fraction of sp³-hybridized carbons (Fsp3) is 0.400. The van der Waals surface area contributed by atoms with E-state index in [9.17, 15) is 0 Å². The van der Waals surface area contributed by atoms with Crippen molar-refractivity contribution in [2.45, 2.75) is 18.6 Å². The fourth-order valence-corrected chi connectivity index (χ4v) is 3.21. The molecule has 1 saturated heterocycles. The number of hydrogen-bond donors (Lipinski definition) is 2. The highest BCUT2D eigenvalue weighted by molar-refractivity contribution is 5.64. The van der Waals surface area contributed by atoms with Gasteiger partial charge in [-0.2, -0.15) is 10.4 Å². The molecular weight excluding hydrogens is 280 g/mol. The number of rotatable bonds is 1. The Morgan fingerprint density at radius 3 is 3.14 bits per heavy atom. The molecule has 112 valence electrons. The Balaban J connectivity index is 1.79. The summed E-state index contributed by atoms with van der Waals surface area (Å²) in [4.78, 5) is 4.08. The minimum absolute atomic E-state index is 0.245. The van der Waals surface area contributed by atoms with Crippen molar-refractivity contribution in [3.8, 4) is 17.3 Å². The molecule has 0 bridgehead atoms. The molecular formula is C15H16N6O. The van der Waals surface area contributed by atoms with Crippen LogP contribution in [0.25, 0.3) is 11.3 Å². The van der Waals surface area contributed by atoms with Crippen LogP contribution in [0.2, 0.25) is 0 Å². The molecule has 22 heavy (non-hydrogen) atoms. The molecule has 4 rings (SSSR count). The van der Waals surface area contributed by atoms with Crippen molar-refractivity contribution < 1.29 is 4.74 Å². The van der Waals surface area contributed by atoms with E-state index in [4.69, 9.17) is 15.7 Å². The molecule has 2 aromatic heterocycles. The highest BCUT2D eigenvalue weighted by atomic mass is 16.5. The van der Waals surface area contributed by atoms with E-state index < -0.39 is 0 Å². The first-order chi connectivity index (χ1) is 10.7. The van der Waals surface area contributed by atoms with Crippen molar-refractivity contribution >= 4 is 5.82 Å². The van der Waals surface area contributed by atoms with Gasteiger partial charge in [0.05, 0.1) is 30.1 Å². The van der Waals surface area contributed by atoms with Crippen LogP contribution in [-0.2, 0) is 16.9 Å². The van der Waals surface area contributed by atoms with Gasteiger partial charge in [0, 0.05) is 18.3 Å². The largest absolute Gasteiger partial charge is 0.383 e. The maximum Gasteiger partial charge on any atom is 0.141 e. The summed E-state index contributed by atoms with van der Waals surface area (Å²) in [5.74, 6) is 0.245. The first kappa shape index (κ1) is 13.2. The standard InChI is InChI=1S/C15H16N6O/c16-7-10-5-11(8-19-14(10)17)12-6-13-15(1-2-18-9-15)22-4-3-21(13)20-12/h5-6,8,18H,1-4,9H2,(H2,17,19)/t15-/m0/s1. The number of hydrogen-bond acceptors (Lipinski definition) is 6. The molecule has 0 amide bonds. The van der Waals surface area contributed by atoms with Gasteiger partial charge in [-0.25, -0.2) is 4.98 Å². The van der Waals surface area contributed by atoms with Gasteiger partial charge >= 0.3 is 0 Å². The van der Waals surface area contributed by atoms with Gasteiger partial charge in [-0.1, -0.05) is 0 Å². The Hall–Kier alpha value is -2.43. The molecule has 0 aliphatic carbocycles. The van der Waals surface area contributed by atoms with Gasteiger partial charge in [-0.15, -0.1) is 0 Å². The molecule has 0 saturated carbocycles. The molecule has 7 nitrogen and oxygen atoms in total. The molecule has 2 aromatic rings. The third kappa shape index (κ3) is 1.89. The average Bonchev–Trinajstić information content (AvgIpc) is 3.16. The summed E-state index contributed by atoms with van der Waals surface area (Å²) in [5.41, 5.74) is 8.47. The van der Waals surface area contributed by atoms with Crippen LogP contribution >= 0.6 is 0 Å². The topological polar surface area (TPSA) is 102 Å². The normalized spacial score (nSPS) is 23.4. The van der Waals surface area contributed by atoms with Gasteiger partial charge in [0.2, 0.25) is 0 Å². The Kier molecular flexibility index (Phi) is 2.89. The Bertz CT molecular complexity index is 769. The Labute approximate surface area is 127 Å². The first-order valence-corrected chi connectivity index (χ1v) is 7.31. The zero-order chi connectivity index (χ0) is 15.2. The lowest BCUT2D eigenvalue weighted by Gasteiger charge is -2.33. The zero-order valence-corrected chi connectivity index (χ0v) is 12.0. The molecule has 7 heteroatoms. The van der Waals surface area contributed by atoms with Crippen LogP contribution in [-0.4, -0.2) is 34.5 Å². The van der Waals surface area contributed by atoms with Gasteiger partial charge in [0.1, 0.15) is 17.5 Å². The van der Waals surface area contributed by atoms with Gasteiger partial charge in [-0.05, 0) is 25.1 Å². The summed E-state index contributed by atoms with van der Waals surface area (Å²) in [6.07, 6.45) is 2.60. The summed E-state index contributed by atoms with van der Waals surface area (Å²) in [6, 6.07) is 5.83. The second kappa shape index (κ2) is 4.80. The van der Waals surface area contributed by atoms with Crippen LogP contribution < -0.4 is 11.1 Å². The number of nitrogens with two attached hydrogens (primary N) is 1. The van der Waals surface area contributed by atoms with E-state index in [0.29, 0.717) is 12.2 Å². The molecule has 0 unspecified atom stereocenters. The summed E-state index contributed by atoms with van der Waals surface area (Å²) in [7, 11) is 0. The lowest BCUT2D eigenvalue weighted by molar-refractivity contribution is -0.0657. The molecule has 3 N–H and O–H groups in total. The third-order valence-electron chi connectivity index (χ3n) is 4.38. The van der Waals surface area contributed by atoms with E-state index in [2.05, 4.69) is 21.5 Å². The van der Waals surface area contributed by atoms with E-state index >= 15 is 0 Å². The van der Waals surface area contributed by atoms with Gasteiger partial charge in [-0.3, -0.25) is 4.68 Å². The number of aromatic nitrogens is 3. The number of ether oxygens (including phenoxy) is 1. The summed E-state index contributed by atoms with van der Waals surface area (Å²) in [6.45, 7) is 3.16. The van der Waals surface area contributed by atoms with Crippen molar-refractivity contribution in [3.05, 3.63) is 29.6 Å². The summed E-state index contributed by atoms with van der Waals surface area (Å²) in [5, 5.41) is 17.1. The predicted molar refractivity (Wildman–Crippen MR) is 79.7 cm³/mol. The Morgan fingerprint density at radius 2 is 2.36 bits per heavy atom. The Morgan fingerprint density at radius 1 is 1.45 bits per heavy atom. The van der Waals surface area contributed by atoms with Gasteiger partial charge in [0.15, 0.2) is 0 Å². The summed E-state index contributed by atoms with van der Waals surface area (Å²) >= 11 is 0. The lowest BCUT2D eigenvalue weighted by atomic mass is 9.96. The number of pyridine rings is 1. The number of nitriles is 1. The smallest absolute Gasteiger partial charge is 0.141 e. The number of nitrogens with zero attached hydrogens (tertiary/aromatic N) is 4. The number of nitrogens with one attached hydrogen (secondary N) is 1. The van der Waals surface area contributed by atoms with Crippen molar-refractivity contribution in [2.75, 3.05) is 25.4 Å². The molecule has 1 spiro atoms. The van der Waals surface area contributed by atoms with Crippen LogP contribution in [0.4, 0.5) is 5.82 Å². The number of nitrogen functional groups attached to an aromatic ring is 1. The van der Waals surface area contributed by atoms with Crippen molar-refractivity contribution in [1.29, 1.82) is 5.26 Å². The second-order valence-electron chi connectivity index (χ2n) is 5.68. The lowest BCUT2D eigenvalue weighted by Crippen LogP contribution is -2.40. The monoisotopic (exact) mass is 296 g/mol. The van der Waals surface area contributed by atoms with E-state index in [1.54, 1.807) is 12.3 Å². The third-order valence-corrected chi connectivity index (χ3v) is 4.38. The van der Waals surface area contributed by atoms with Gasteiger partial charge in [0.25, 0.3) is 0 Å². The van der Waals surface area contributed by atoms with Gasteiger partial charge < -0.3 is 15.8 Å². The van der Waals surface area contributed by atoms with E-state index in [-0.39, 0.29) is 11.4 Å². The van der Waals surface area contributed by atoms with Crippen molar-refractivity contribution in [2.24, 2.45) is 0 Å². The maximum atomic E-state index is 9.10. The minimum atomic E-state index is -0.275.